The summed E-state index contributed by atoms with van der Waals surface area (Å²) in [4.78, 5) is 34.4. The van der Waals surface area contributed by atoms with E-state index in [-0.39, 0.29) is 11.8 Å². The molecule has 0 bridgehead atoms. The van der Waals surface area contributed by atoms with Crippen LogP contribution in [0.2, 0.25) is 0 Å². The Kier molecular flexibility index (Phi) is 8.11. The number of nitrogens with one attached hydrogen (secondary N) is 1. The Hall–Kier alpha value is -2.57. The zero-order chi connectivity index (χ0) is 21.3. The summed E-state index contributed by atoms with van der Waals surface area (Å²) >= 11 is 0. The Balaban J connectivity index is 1.56. The van der Waals surface area contributed by atoms with E-state index in [0.717, 1.165) is 32.1 Å². The molecular weight excluding hydrogens is 378 g/mol. The number of amides is 2. The van der Waals surface area contributed by atoms with Gasteiger partial charge in [-0.15, -0.1) is 0 Å². The number of carbonyl (C=O) groups is 2. The van der Waals surface area contributed by atoms with Crippen LogP contribution in [0.5, 0.6) is 0 Å². The molecule has 0 spiro atoms. The lowest BCUT2D eigenvalue weighted by molar-refractivity contribution is -0.147. The number of anilines is 1. The number of aliphatic imine (C=N–C) groups is 1. The van der Waals surface area contributed by atoms with E-state index in [2.05, 4.69) is 44.4 Å². The van der Waals surface area contributed by atoms with Gasteiger partial charge in [0.2, 0.25) is 11.8 Å². The third-order valence-corrected chi connectivity index (χ3v) is 5.74. The van der Waals surface area contributed by atoms with Gasteiger partial charge >= 0.3 is 0 Å². The second kappa shape index (κ2) is 11.0. The van der Waals surface area contributed by atoms with E-state index < -0.39 is 0 Å². The molecule has 2 amide bonds. The summed E-state index contributed by atoms with van der Waals surface area (Å²) in [6, 6.07) is 8.81. The lowest BCUT2D eigenvalue weighted by Gasteiger charge is -2.29. The minimum atomic E-state index is -0.0754. The van der Waals surface area contributed by atoms with E-state index in [1.54, 1.807) is 0 Å². The second-order valence-electron chi connectivity index (χ2n) is 8.10. The Morgan fingerprint density at radius 1 is 1.03 bits per heavy atom. The first-order valence-corrected chi connectivity index (χ1v) is 11.2. The number of rotatable bonds is 7. The fourth-order valence-electron chi connectivity index (χ4n) is 4.09. The molecule has 30 heavy (non-hydrogen) atoms. The van der Waals surface area contributed by atoms with Crippen molar-refractivity contribution in [2.45, 2.75) is 52.0 Å². The predicted octanol–water partition coefficient (Wildman–Crippen LogP) is 2.61. The van der Waals surface area contributed by atoms with Gasteiger partial charge in [-0.05, 0) is 50.3 Å². The average Bonchev–Trinajstić information content (AvgIpc) is 2.76. The summed E-state index contributed by atoms with van der Waals surface area (Å²) in [5, 5.41) is 3.31. The quantitative estimate of drug-likeness (QED) is 0.423. The normalized spacial score (nSPS) is 18.0. The summed E-state index contributed by atoms with van der Waals surface area (Å²) in [7, 11) is 2.01. The highest BCUT2D eigenvalue weighted by Crippen LogP contribution is 2.20. The predicted molar refractivity (Wildman–Crippen MR) is 121 cm³/mol. The highest BCUT2D eigenvalue weighted by Gasteiger charge is 2.25. The minimum absolute atomic E-state index is 0.0754. The molecule has 2 heterocycles. The number of nitrogens with zero attached hydrogens (tertiary/aromatic N) is 4. The Morgan fingerprint density at radius 3 is 2.33 bits per heavy atom. The highest BCUT2D eigenvalue weighted by atomic mass is 16.2. The molecule has 7 heteroatoms. The van der Waals surface area contributed by atoms with Crippen molar-refractivity contribution in [2.24, 2.45) is 4.99 Å². The maximum atomic E-state index is 12.0. The molecule has 2 aliphatic rings. The smallest absolute Gasteiger partial charge is 0.229 e. The molecule has 1 N–H and O–H groups in total. The van der Waals surface area contributed by atoms with Crippen LogP contribution in [0.4, 0.5) is 5.69 Å². The van der Waals surface area contributed by atoms with E-state index in [1.165, 1.54) is 35.4 Å². The first-order valence-electron chi connectivity index (χ1n) is 11.2. The van der Waals surface area contributed by atoms with Crippen LogP contribution < -0.4 is 10.2 Å². The van der Waals surface area contributed by atoms with Crippen molar-refractivity contribution in [3.8, 4) is 0 Å². The van der Waals surface area contributed by atoms with Crippen molar-refractivity contribution in [2.75, 3.05) is 44.7 Å². The van der Waals surface area contributed by atoms with Crippen LogP contribution in [-0.2, 0) is 16.1 Å². The first kappa shape index (κ1) is 22.1. The number of likely N-dealkylation sites (tertiary alicyclic amines) is 1. The van der Waals surface area contributed by atoms with Crippen LogP contribution in [0.1, 0.15) is 51.0 Å². The van der Waals surface area contributed by atoms with Gasteiger partial charge in [0.05, 0.1) is 6.54 Å². The molecule has 1 aromatic rings. The van der Waals surface area contributed by atoms with Crippen LogP contribution in [0.3, 0.4) is 0 Å². The van der Waals surface area contributed by atoms with Crippen molar-refractivity contribution in [3.05, 3.63) is 29.8 Å². The number of imide groups is 1. The third kappa shape index (κ3) is 5.97. The van der Waals surface area contributed by atoms with Crippen LogP contribution >= 0.6 is 0 Å². The molecule has 0 saturated carbocycles. The topological polar surface area (TPSA) is 68.2 Å². The van der Waals surface area contributed by atoms with Gasteiger partial charge in [0.15, 0.2) is 5.96 Å². The molecule has 164 valence electrons. The van der Waals surface area contributed by atoms with Gasteiger partial charge < -0.3 is 15.1 Å². The molecular formula is C23H35N5O2. The van der Waals surface area contributed by atoms with E-state index in [9.17, 15) is 9.59 Å². The summed E-state index contributed by atoms with van der Waals surface area (Å²) in [6.45, 7) is 6.61. The molecule has 0 aromatic heterocycles. The summed E-state index contributed by atoms with van der Waals surface area (Å²) in [6.07, 6.45) is 5.49. The standard InChI is InChI=1S/C23H35N5O2/c1-3-24-23(25-14-17-28-21(29)8-7-9-22(28)30)26(2)18-19-10-12-20(13-11-19)27-15-5-4-6-16-27/h10-13H,3-9,14-18H2,1-2H3,(H,24,25). The van der Waals surface area contributed by atoms with Gasteiger partial charge in [0.25, 0.3) is 0 Å². The lowest BCUT2D eigenvalue weighted by atomic mass is 10.1. The van der Waals surface area contributed by atoms with E-state index in [1.807, 2.05) is 14.0 Å². The molecule has 0 aliphatic carbocycles. The van der Waals surface area contributed by atoms with Crippen LogP contribution in [0.25, 0.3) is 0 Å². The lowest BCUT2D eigenvalue weighted by Crippen LogP contribution is -2.42. The third-order valence-electron chi connectivity index (χ3n) is 5.74. The van der Waals surface area contributed by atoms with Crippen molar-refractivity contribution in [1.82, 2.24) is 15.1 Å². The fourth-order valence-corrected chi connectivity index (χ4v) is 4.09. The zero-order valence-corrected chi connectivity index (χ0v) is 18.4. The van der Waals surface area contributed by atoms with Gasteiger partial charge in [-0.2, -0.15) is 0 Å². The monoisotopic (exact) mass is 413 g/mol. The molecule has 1 aromatic carbocycles. The molecule has 2 fully saturated rings. The number of carbonyl (C=O) groups excluding carboxylic acids is 2. The summed E-state index contributed by atoms with van der Waals surface area (Å²) in [5.41, 5.74) is 2.53. The maximum absolute atomic E-state index is 12.0. The molecule has 7 nitrogen and oxygen atoms in total. The SMILES string of the molecule is CCNC(=NCCN1C(=O)CCCC1=O)N(C)Cc1ccc(N2CCCCC2)cc1. The van der Waals surface area contributed by atoms with Gasteiger partial charge in [0, 0.05) is 58.3 Å². The van der Waals surface area contributed by atoms with Gasteiger partial charge in [-0.1, -0.05) is 12.1 Å². The van der Waals surface area contributed by atoms with Crippen LogP contribution in [-0.4, -0.2) is 67.3 Å². The molecule has 2 aliphatic heterocycles. The van der Waals surface area contributed by atoms with Crippen LogP contribution in [0.15, 0.2) is 29.3 Å². The number of hydrogen-bond acceptors (Lipinski definition) is 4. The Morgan fingerprint density at radius 2 is 1.70 bits per heavy atom. The highest BCUT2D eigenvalue weighted by molar-refractivity contribution is 5.97. The second-order valence-corrected chi connectivity index (χ2v) is 8.10. The van der Waals surface area contributed by atoms with Gasteiger partial charge in [-0.25, -0.2) is 0 Å². The molecule has 2 saturated heterocycles. The minimum Gasteiger partial charge on any atom is -0.372 e. The Labute approximate surface area is 180 Å². The first-order chi connectivity index (χ1) is 14.6. The maximum Gasteiger partial charge on any atom is 0.229 e. The fraction of sp³-hybridized carbons (Fsp3) is 0.609. The number of guanidine groups is 1. The van der Waals surface area contributed by atoms with Crippen molar-refractivity contribution in [3.63, 3.8) is 0 Å². The summed E-state index contributed by atoms with van der Waals surface area (Å²) in [5.74, 6) is 0.636. The molecule has 0 radical (unpaired) electrons. The average molecular weight is 414 g/mol. The van der Waals surface area contributed by atoms with Crippen molar-refractivity contribution < 1.29 is 9.59 Å². The van der Waals surface area contributed by atoms with E-state index in [0.29, 0.717) is 32.4 Å². The van der Waals surface area contributed by atoms with Gasteiger partial charge in [0.1, 0.15) is 0 Å². The van der Waals surface area contributed by atoms with Crippen LogP contribution in [0, 0.1) is 0 Å². The van der Waals surface area contributed by atoms with Gasteiger partial charge in [-0.3, -0.25) is 19.5 Å². The molecule has 0 atom stereocenters. The molecule has 3 rings (SSSR count). The number of piperidine rings is 2. The zero-order valence-electron chi connectivity index (χ0n) is 18.4. The largest absolute Gasteiger partial charge is 0.372 e. The van der Waals surface area contributed by atoms with Crippen molar-refractivity contribution >= 4 is 23.5 Å². The Bertz CT molecular complexity index is 724. The number of hydrogen-bond donors (Lipinski definition) is 1. The summed E-state index contributed by atoms with van der Waals surface area (Å²) < 4.78 is 0. The number of benzene rings is 1. The van der Waals surface area contributed by atoms with E-state index in [4.69, 9.17) is 0 Å². The van der Waals surface area contributed by atoms with E-state index >= 15 is 0 Å². The molecule has 0 unspecified atom stereocenters. The van der Waals surface area contributed by atoms with Crippen molar-refractivity contribution in [1.29, 1.82) is 0 Å².